The maximum atomic E-state index is 3.98. The molecule has 0 aromatic carbocycles. The van der Waals surface area contributed by atoms with Crippen molar-refractivity contribution >= 4 is 0 Å². The lowest BCUT2D eigenvalue weighted by Gasteiger charge is -2.42. The normalized spacial score (nSPS) is 35.7. The Morgan fingerprint density at radius 2 is 1.50 bits per heavy atom. The van der Waals surface area contributed by atoms with Gasteiger partial charge in [0.1, 0.15) is 0 Å². The number of hydrogen-bond acceptors (Lipinski definition) is 1. The fourth-order valence-corrected chi connectivity index (χ4v) is 3.82. The lowest BCUT2D eigenvalue weighted by Crippen LogP contribution is -2.54. The summed E-state index contributed by atoms with van der Waals surface area (Å²) in [6, 6.07) is 0. The molecule has 2 unspecified atom stereocenters. The standard InChI is InChI=1S/C17H35N/c1-7-16(4,5)18-17(6)12-14(2)10-8-9-11-15(3)13-17/h14-15,18H,7-13H2,1-6H3. The minimum Gasteiger partial charge on any atom is -0.307 e. The first-order valence-corrected chi connectivity index (χ1v) is 8.06. The SMILES string of the molecule is CCC(C)(C)NC1(C)CC(C)CCCCC(C)C1. The summed E-state index contributed by atoms with van der Waals surface area (Å²) in [7, 11) is 0. The average Bonchev–Trinajstić information content (AvgIpc) is 2.27. The number of hydrogen-bond donors (Lipinski definition) is 1. The maximum absolute atomic E-state index is 3.98. The third-order valence-electron chi connectivity index (χ3n) is 4.77. The van der Waals surface area contributed by atoms with Crippen molar-refractivity contribution in [2.75, 3.05) is 0 Å². The van der Waals surface area contributed by atoms with Crippen LogP contribution in [0, 0.1) is 11.8 Å². The topological polar surface area (TPSA) is 12.0 Å². The first kappa shape index (κ1) is 16.0. The molecule has 18 heavy (non-hydrogen) atoms. The summed E-state index contributed by atoms with van der Waals surface area (Å²) in [6.45, 7) is 14.3. The van der Waals surface area contributed by atoms with E-state index in [1.54, 1.807) is 0 Å². The van der Waals surface area contributed by atoms with Crippen LogP contribution < -0.4 is 5.32 Å². The van der Waals surface area contributed by atoms with Crippen LogP contribution in [0.1, 0.15) is 86.5 Å². The minimum atomic E-state index is 0.266. The van der Waals surface area contributed by atoms with Crippen LogP contribution in [0.25, 0.3) is 0 Å². The molecule has 1 N–H and O–H groups in total. The van der Waals surface area contributed by atoms with Crippen molar-refractivity contribution in [2.45, 2.75) is 97.6 Å². The predicted molar refractivity (Wildman–Crippen MR) is 81.9 cm³/mol. The van der Waals surface area contributed by atoms with Crippen LogP contribution in [0.2, 0.25) is 0 Å². The summed E-state index contributed by atoms with van der Waals surface area (Å²) in [4.78, 5) is 0. The van der Waals surface area contributed by atoms with Gasteiger partial charge >= 0.3 is 0 Å². The second-order valence-corrected chi connectivity index (χ2v) is 7.83. The first-order valence-electron chi connectivity index (χ1n) is 8.06. The average molecular weight is 253 g/mol. The summed E-state index contributed by atoms with van der Waals surface area (Å²) >= 11 is 0. The highest BCUT2D eigenvalue weighted by atomic mass is 15.0. The molecule has 1 fully saturated rings. The molecule has 1 nitrogen and oxygen atoms in total. The van der Waals surface area contributed by atoms with Gasteiger partial charge in [0.2, 0.25) is 0 Å². The molecule has 1 rings (SSSR count). The first-order chi connectivity index (χ1) is 8.26. The Balaban J connectivity index is 2.77. The second kappa shape index (κ2) is 6.41. The van der Waals surface area contributed by atoms with Gasteiger partial charge in [0.15, 0.2) is 0 Å². The molecule has 0 aromatic rings. The van der Waals surface area contributed by atoms with Crippen LogP contribution in [-0.4, -0.2) is 11.1 Å². The van der Waals surface area contributed by atoms with Crippen molar-refractivity contribution in [1.29, 1.82) is 0 Å². The minimum absolute atomic E-state index is 0.266. The zero-order chi connectivity index (χ0) is 13.8. The molecule has 0 aromatic heterocycles. The van der Waals surface area contributed by atoms with Crippen molar-refractivity contribution in [3.05, 3.63) is 0 Å². The second-order valence-electron chi connectivity index (χ2n) is 7.83. The van der Waals surface area contributed by atoms with Crippen molar-refractivity contribution in [3.63, 3.8) is 0 Å². The van der Waals surface area contributed by atoms with E-state index >= 15 is 0 Å². The summed E-state index contributed by atoms with van der Waals surface area (Å²) < 4.78 is 0. The summed E-state index contributed by atoms with van der Waals surface area (Å²) in [5, 5.41) is 3.98. The van der Waals surface area contributed by atoms with E-state index in [0.29, 0.717) is 5.54 Å². The van der Waals surface area contributed by atoms with E-state index in [4.69, 9.17) is 0 Å². The lowest BCUT2D eigenvalue weighted by molar-refractivity contribution is 0.173. The van der Waals surface area contributed by atoms with Crippen molar-refractivity contribution in [1.82, 2.24) is 5.32 Å². The van der Waals surface area contributed by atoms with Crippen LogP contribution in [0.4, 0.5) is 0 Å². The van der Waals surface area contributed by atoms with E-state index in [9.17, 15) is 0 Å². The smallest absolute Gasteiger partial charge is 0.0163 e. The highest BCUT2D eigenvalue weighted by molar-refractivity contribution is 4.93. The fraction of sp³-hybridized carbons (Fsp3) is 1.00. The molecular formula is C17H35N. The highest BCUT2D eigenvalue weighted by Crippen LogP contribution is 2.33. The van der Waals surface area contributed by atoms with E-state index < -0.39 is 0 Å². The quantitative estimate of drug-likeness (QED) is 0.733. The van der Waals surface area contributed by atoms with Gasteiger partial charge in [0.25, 0.3) is 0 Å². The van der Waals surface area contributed by atoms with Gasteiger partial charge < -0.3 is 5.32 Å². The summed E-state index contributed by atoms with van der Waals surface area (Å²) in [6.07, 6.45) is 9.55. The van der Waals surface area contributed by atoms with Gasteiger partial charge in [-0.05, 0) is 51.9 Å². The van der Waals surface area contributed by atoms with Gasteiger partial charge in [-0.15, -0.1) is 0 Å². The molecule has 0 amide bonds. The Morgan fingerprint density at radius 1 is 1.06 bits per heavy atom. The molecule has 2 atom stereocenters. The molecule has 1 saturated carbocycles. The molecule has 0 saturated heterocycles. The molecule has 0 radical (unpaired) electrons. The van der Waals surface area contributed by atoms with Gasteiger partial charge in [-0.25, -0.2) is 0 Å². The van der Waals surface area contributed by atoms with E-state index in [2.05, 4.69) is 46.9 Å². The van der Waals surface area contributed by atoms with Gasteiger partial charge in [-0.1, -0.05) is 46.5 Å². The van der Waals surface area contributed by atoms with Crippen LogP contribution in [-0.2, 0) is 0 Å². The maximum Gasteiger partial charge on any atom is 0.0163 e. The molecule has 0 bridgehead atoms. The van der Waals surface area contributed by atoms with Crippen LogP contribution in [0.5, 0.6) is 0 Å². The van der Waals surface area contributed by atoms with Crippen molar-refractivity contribution < 1.29 is 0 Å². The Morgan fingerprint density at radius 3 is 1.89 bits per heavy atom. The molecule has 0 heterocycles. The van der Waals surface area contributed by atoms with E-state index in [-0.39, 0.29) is 5.54 Å². The van der Waals surface area contributed by atoms with Crippen LogP contribution in [0.15, 0.2) is 0 Å². The number of rotatable bonds is 3. The van der Waals surface area contributed by atoms with Crippen LogP contribution >= 0.6 is 0 Å². The van der Waals surface area contributed by atoms with Gasteiger partial charge in [-0.3, -0.25) is 0 Å². The summed E-state index contributed by atoms with van der Waals surface area (Å²) in [5.74, 6) is 1.72. The Bertz CT molecular complexity index is 230. The largest absolute Gasteiger partial charge is 0.307 e. The third kappa shape index (κ3) is 5.30. The predicted octanol–water partition coefficient (Wildman–Crippen LogP) is 5.15. The fourth-order valence-electron chi connectivity index (χ4n) is 3.82. The Kier molecular flexibility index (Phi) is 5.70. The van der Waals surface area contributed by atoms with Crippen LogP contribution in [0.3, 0.4) is 0 Å². The van der Waals surface area contributed by atoms with Gasteiger partial charge in [-0.2, -0.15) is 0 Å². The molecule has 1 aliphatic rings. The zero-order valence-electron chi connectivity index (χ0n) is 13.6. The Hall–Kier alpha value is -0.0400. The molecule has 108 valence electrons. The molecule has 1 heteroatoms. The third-order valence-corrected chi connectivity index (χ3v) is 4.77. The highest BCUT2D eigenvalue weighted by Gasteiger charge is 2.33. The molecular weight excluding hydrogens is 218 g/mol. The van der Waals surface area contributed by atoms with Crippen molar-refractivity contribution in [2.24, 2.45) is 11.8 Å². The Labute approximate surface area is 115 Å². The van der Waals surface area contributed by atoms with E-state index in [1.807, 2.05) is 0 Å². The molecule has 0 spiro atoms. The van der Waals surface area contributed by atoms with Gasteiger partial charge in [0, 0.05) is 11.1 Å². The van der Waals surface area contributed by atoms with E-state index in [1.165, 1.54) is 44.9 Å². The van der Waals surface area contributed by atoms with Gasteiger partial charge in [0.05, 0.1) is 0 Å². The van der Waals surface area contributed by atoms with E-state index in [0.717, 1.165) is 11.8 Å². The monoisotopic (exact) mass is 253 g/mol. The van der Waals surface area contributed by atoms with Crippen molar-refractivity contribution in [3.8, 4) is 0 Å². The lowest BCUT2D eigenvalue weighted by atomic mass is 9.80. The summed E-state index contributed by atoms with van der Waals surface area (Å²) in [5.41, 5.74) is 0.588. The zero-order valence-corrected chi connectivity index (χ0v) is 13.6. The molecule has 1 aliphatic carbocycles. The molecule has 0 aliphatic heterocycles. The number of nitrogens with one attached hydrogen (secondary N) is 1.